The molecule has 1 unspecified atom stereocenters. The second-order valence-electron chi connectivity index (χ2n) is 3.42. The second-order valence-corrected chi connectivity index (χ2v) is 6.06. The van der Waals surface area contributed by atoms with Gasteiger partial charge in [-0.05, 0) is 31.8 Å². The molecular weight excluding hydrogens is 235 g/mol. The Kier molecular flexibility index (Phi) is 12.2. The van der Waals surface area contributed by atoms with E-state index in [9.17, 15) is 0 Å². The van der Waals surface area contributed by atoms with Gasteiger partial charge in [-0.3, -0.25) is 0 Å². The van der Waals surface area contributed by atoms with E-state index in [4.69, 9.17) is 9.47 Å². The first-order valence-corrected chi connectivity index (χ1v) is 7.64. The Bertz CT molecular complexity index is 155. The summed E-state index contributed by atoms with van der Waals surface area (Å²) in [5.74, 6) is 2.61. The van der Waals surface area contributed by atoms with Crippen molar-refractivity contribution in [2.45, 2.75) is 39.4 Å². The SMILES string of the molecule is CCOC(C)OCCC[C-]1SCCCS1.[Li+]. The first-order valence-electron chi connectivity index (χ1n) is 5.67. The van der Waals surface area contributed by atoms with Crippen molar-refractivity contribution < 1.29 is 28.3 Å². The quantitative estimate of drug-likeness (QED) is 0.286. The fourth-order valence-corrected chi connectivity index (χ4v) is 3.99. The van der Waals surface area contributed by atoms with Gasteiger partial charge >= 0.3 is 18.9 Å². The summed E-state index contributed by atoms with van der Waals surface area (Å²) in [6.45, 7) is 5.49. The first kappa shape index (κ1) is 17.2. The molecule has 0 spiro atoms. The molecule has 1 saturated heterocycles. The molecule has 1 heterocycles. The van der Waals surface area contributed by atoms with Crippen molar-refractivity contribution in [3.63, 3.8) is 0 Å². The molecule has 1 aliphatic rings. The van der Waals surface area contributed by atoms with Crippen LogP contribution >= 0.6 is 23.5 Å². The average molecular weight is 256 g/mol. The summed E-state index contributed by atoms with van der Waals surface area (Å²) in [5.41, 5.74) is 0. The van der Waals surface area contributed by atoms with E-state index < -0.39 is 0 Å². The molecule has 90 valence electrons. The van der Waals surface area contributed by atoms with E-state index >= 15 is 0 Å². The minimum Gasteiger partial charge on any atom is -0.353 e. The number of thioether (sulfide) groups is 2. The molecule has 1 atom stereocenters. The van der Waals surface area contributed by atoms with Crippen LogP contribution in [0.1, 0.15) is 33.1 Å². The third-order valence-corrected chi connectivity index (χ3v) is 4.84. The normalized spacial score (nSPS) is 19.1. The molecular formula is C11H21LiO2S2. The summed E-state index contributed by atoms with van der Waals surface area (Å²) in [6.07, 6.45) is 3.61. The van der Waals surface area contributed by atoms with Gasteiger partial charge in [0.1, 0.15) is 0 Å². The summed E-state index contributed by atoms with van der Waals surface area (Å²) in [5, 5.41) is 0. The molecule has 0 aliphatic carbocycles. The van der Waals surface area contributed by atoms with Crippen molar-refractivity contribution in [1.82, 2.24) is 0 Å². The Morgan fingerprint density at radius 2 is 1.94 bits per heavy atom. The molecule has 0 bridgehead atoms. The summed E-state index contributed by atoms with van der Waals surface area (Å²) < 4.78 is 12.4. The van der Waals surface area contributed by atoms with Crippen molar-refractivity contribution >= 4 is 23.5 Å². The van der Waals surface area contributed by atoms with E-state index in [0.717, 1.165) is 19.6 Å². The zero-order valence-electron chi connectivity index (χ0n) is 10.7. The van der Waals surface area contributed by atoms with Gasteiger partial charge in [-0.2, -0.15) is 6.42 Å². The van der Waals surface area contributed by atoms with Gasteiger partial charge in [0, 0.05) is 13.2 Å². The molecule has 1 fully saturated rings. The van der Waals surface area contributed by atoms with E-state index in [0.29, 0.717) is 0 Å². The van der Waals surface area contributed by atoms with Crippen LogP contribution in [0.3, 0.4) is 0 Å². The van der Waals surface area contributed by atoms with E-state index in [1.165, 1.54) is 24.3 Å². The third-order valence-electron chi connectivity index (χ3n) is 2.09. The molecule has 1 rings (SSSR count). The zero-order chi connectivity index (χ0) is 10.9. The van der Waals surface area contributed by atoms with Crippen molar-refractivity contribution in [2.24, 2.45) is 0 Å². The molecule has 16 heavy (non-hydrogen) atoms. The van der Waals surface area contributed by atoms with Gasteiger partial charge in [0.15, 0.2) is 6.29 Å². The maximum Gasteiger partial charge on any atom is 1.00 e. The minimum atomic E-state index is -0.0494. The van der Waals surface area contributed by atoms with Crippen LogP contribution in [-0.2, 0) is 9.47 Å². The molecule has 0 N–H and O–H groups in total. The summed E-state index contributed by atoms with van der Waals surface area (Å²) in [6, 6.07) is 0. The molecule has 0 aromatic carbocycles. The molecule has 0 saturated carbocycles. The predicted molar refractivity (Wildman–Crippen MR) is 69.1 cm³/mol. The zero-order valence-corrected chi connectivity index (χ0v) is 12.3. The summed E-state index contributed by atoms with van der Waals surface area (Å²) in [7, 11) is 0. The Morgan fingerprint density at radius 3 is 2.56 bits per heavy atom. The molecule has 1 aliphatic heterocycles. The van der Waals surface area contributed by atoms with Crippen LogP contribution in [0.5, 0.6) is 0 Å². The topological polar surface area (TPSA) is 18.5 Å². The summed E-state index contributed by atoms with van der Waals surface area (Å²) >= 11 is 4.05. The molecule has 0 aromatic rings. The van der Waals surface area contributed by atoms with Crippen molar-refractivity contribution in [1.29, 1.82) is 0 Å². The van der Waals surface area contributed by atoms with Crippen LogP contribution in [0, 0.1) is 4.58 Å². The van der Waals surface area contributed by atoms with Crippen molar-refractivity contribution in [2.75, 3.05) is 24.7 Å². The molecule has 2 nitrogen and oxygen atoms in total. The van der Waals surface area contributed by atoms with Gasteiger partial charge in [-0.25, -0.2) is 4.58 Å². The molecule has 0 amide bonds. The monoisotopic (exact) mass is 256 g/mol. The van der Waals surface area contributed by atoms with Crippen LogP contribution in [0.4, 0.5) is 0 Å². The largest absolute Gasteiger partial charge is 1.00 e. The maximum atomic E-state index is 5.52. The fourth-order valence-electron chi connectivity index (χ4n) is 1.37. The number of hydrogen-bond acceptors (Lipinski definition) is 4. The number of ether oxygens (including phenoxy) is 2. The standard InChI is InChI=1S/C11H21O2S2.Li/c1-3-12-10(2)13-7-4-6-11-14-8-5-9-15-11;/h10H,3-9H2,1-2H3;/q-1;+1. The van der Waals surface area contributed by atoms with E-state index in [-0.39, 0.29) is 25.2 Å². The Balaban J connectivity index is 0.00000225. The van der Waals surface area contributed by atoms with Crippen molar-refractivity contribution in [3.8, 4) is 0 Å². The average Bonchev–Trinajstić information content (AvgIpc) is 2.26. The van der Waals surface area contributed by atoms with Crippen LogP contribution < -0.4 is 18.9 Å². The fraction of sp³-hybridized carbons (Fsp3) is 0.909. The van der Waals surface area contributed by atoms with E-state index in [2.05, 4.69) is 0 Å². The van der Waals surface area contributed by atoms with Gasteiger partial charge in [0.2, 0.25) is 0 Å². The number of rotatable bonds is 7. The Hall–Kier alpha value is 1.22. The van der Waals surface area contributed by atoms with Crippen molar-refractivity contribution in [3.05, 3.63) is 4.58 Å². The molecule has 0 aromatic heterocycles. The number of hydrogen-bond donors (Lipinski definition) is 0. The first-order chi connectivity index (χ1) is 7.33. The van der Waals surface area contributed by atoms with Gasteiger partial charge in [-0.15, -0.1) is 0 Å². The van der Waals surface area contributed by atoms with Gasteiger partial charge in [-0.1, -0.05) is 6.42 Å². The Morgan fingerprint density at radius 1 is 1.25 bits per heavy atom. The maximum absolute atomic E-state index is 5.52. The predicted octanol–water partition coefficient (Wildman–Crippen LogP) is 0.529. The summed E-state index contributed by atoms with van der Waals surface area (Å²) in [4.78, 5) is 0. The van der Waals surface area contributed by atoms with E-state index in [1.54, 1.807) is 4.58 Å². The van der Waals surface area contributed by atoms with Gasteiger partial charge in [0.25, 0.3) is 0 Å². The molecule has 5 heteroatoms. The second kappa shape index (κ2) is 11.3. The van der Waals surface area contributed by atoms with Gasteiger partial charge in [0.05, 0.1) is 0 Å². The minimum absolute atomic E-state index is 0. The van der Waals surface area contributed by atoms with E-state index in [1.807, 2.05) is 37.4 Å². The van der Waals surface area contributed by atoms with Gasteiger partial charge < -0.3 is 33.0 Å². The van der Waals surface area contributed by atoms with Crippen LogP contribution in [0.2, 0.25) is 0 Å². The smallest absolute Gasteiger partial charge is 0.353 e. The third kappa shape index (κ3) is 8.33. The Labute approximate surface area is 120 Å². The van der Waals surface area contributed by atoms with Crippen LogP contribution in [-0.4, -0.2) is 31.0 Å². The van der Waals surface area contributed by atoms with Crippen LogP contribution in [0.15, 0.2) is 0 Å². The van der Waals surface area contributed by atoms with Crippen LogP contribution in [0.25, 0.3) is 0 Å². The molecule has 0 radical (unpaired) electrons.